The average molecular weight is 393 g/mol. The lowest BCUT2D eigenvalue weighted by molar-refractivity contribution is 0.206. The molecule has 2 rings (SSSR count). The summed E-state index contributed by atoms with van der Waals surface area (Å²) in [7, 11) is 4.97. The van der Waals surface area contributed by atoms with Gasteiger partial charge in [-0.15, -0.1) is 0 Å². The van der Waals surface area contributed by atoms with Crippen LogP contribution >= 0.6 is 11.6 Å². The van der Waals surface area contributed by atoms with Gasteiger partial charge < -0.3 is 24.4 Å². The maximum absolute atomic E-state index is 12.1. The number of likely N-dealkylation sites (N-methyl/N-ethyl adjacent to an activating group) is 1. The highest BCUT2D eigenvalue weighted by molar-refractivity contribution is 6.30. The van der Waals surface area contributed by atoms with E-state index in [0.29, 0.717) is 42.6 Å². The van der Waals surface area contributed by atoms with E-state index in [2.05, 4.69) is 5.32 Å². The van der Waals surface area contributed by atoms with Crippen LogP contribution in [-0.2, 0) is 6.42 Å². The first-order chi connectivity index (χ1) is 13.0. The summed E-state index contributed by atoms with van der Waals surface area (Å²) in [6.45, 7) is 1.39. The molecule has 0 aliphatic heterocycles. The number of nitrogens with one attached hydrogen (secondary N) is 1. The molecule has 2 aromatic carbocycles. The monoisotopic (exact) mass is 392 g/mol. The number of nitrogens with zero attached hydrogens (tertiary/aromatic N) is 1. The molecule has 0 heterocycles. The van der Waals surface area contributed by atoms with E-state index >= 15 is 0 Å². The quantitative estimate of drug-likeness (QED) is 0.662. The van der Waals surface area contributed by atoms with Crippen molar-refractivity contribution >= 4 is 17.6 Å². The van der Waals surface area contributed by atoms with Gasteiger partial charge in [-0.3, -0.25) is 0 Å². The lowest BCUT2D eigenvalue weighted by atomic mass is 10.1. The highest BCUT2D eigenvalue weighted by Gasteiger charge is 2.09. The van der Waals surface area contributed by atoms with Gasteiger partial charge in [-0.1, -0.05) is 17.7 Å². The number of rotatable bonds is 9. The lowest BCUT2D eigenvalue weighted by Crippen LogP contribution is -2.40. The molecule has 0 unspecified atom stereocenters. The molecule has 0 radical (unpaired) electrons. The van der Waals surface area contributed by atoms with Crippen molar-refractivity contribution in [1.82, 2.24) is 10.2 Å². The van der Waals surface area contributed by atoms with Crippen LogP contribution in [0.5, 0.6) is 17.2 Å². The van der Waals surface area contributed by atoms with Crippen LogP contribution in [0.25, 0.3) is 0 Å². The first-order valence-corrected chi connectivity index (χ1v) is 8.99. The Morgan fingerprint density at radius 3 is 2.44 bits per heavy atom. The molecule has 0 spiro atoms. The van der Waals surface area contributed by atoms with E-state index in [1.165, 1.54) is 0 Å². The summed E-state index contributed by atoms with van der Waals surface area (Å²) in [4.78, 5) is 13.8. The molecule has 6 nitrogen and oxygen atoms in total. The first kappa shape index (κ1) is 20.7. The summed E-state index contributed by atoms with van der Waals surface area (Å²) in [5, 5.41) is 3.49. The Hall–Kier alpha value is -2.60. The van der Waals surface area contributed by atoms with Gasteiger partial charge in [0.2, 0.25) is 0 Å². The standard InChI is InChI=1S/C20H25ClN2O4/c1-23(12-10-15-4-9-18(25-2)19(14-15)26-3)20(24)22-11-13-27-17-7-5-16(21)6-8-17/h4-9,14H,10-13H2,1-3H3,(H,22,24). The molecule has 7 heteroatoms. The predicted molar refractivity (Wildman–Crippen MR) is 106 cm³/mol. The largest absolute Gasteiger partial charge is 0.493 e. The van der Waals surface area contributed by atoms with E-state index < -0.39 is 0 Å². The molecule has 27 heavy (non-hydrogen) atoms. The van der Waals surface area contributed by atoms with E-state index in [9.17, 15) is 4.79 Å². The van der Waals surface area contributed by atoms with Crippen LogP contribution in [0.15, 0.2) is 42.5 Å². The maximum atomic E-state index is 12.1. The summed E-state index contributed by atoms with van der Waals surface area (Å²) in [5.41, 5.74) is 1.07. The molecule has 0 aliphatic carbocycles. The van der Waals surface area contributed by atoms with Crippen molar-refractivity contribution in [3.8, 4) is 17.2 Å². The molecule has 0 bridgehead atoms. The molecule has 0 aromatic heterocycles. The third-order valence-corrected chi connectivity index (χ3v) is 4.24. The van der Waals surface area contributed by atoms with Gasteiger partial charge in [0.05, 0.1) is 20.8 Å². The molecule has 2 aromatic rings. The summed E-state index contributed by atoms with van der Waals surface area (Å²) in [6.07, 6.45) is 0.714. The molecule has 2 amide bonds. The Morgan fingerprint density at radius 1 is 1.07 bits per heavy atom. The van der Waals surface area contributed by atoms with Gasteiger partial charge in [-0.25, -0.2) is 4.79 Å². The zero-order valence-corrected chi connectivity index (χ0v) is 16.6. The third-order valence-electron chi connectivity index (χ3n) is 3.99. The van der Waals surface area contributed by atoms with E-state index in [0.717, 1.165) is 11.3 Å². The van der Waals surface area contributed by atoms with Crippen molar-refractivity contribution in [3.05, 3.63) is 53.1 Å². The molecular formula is C20H25ClN2O4. The molecule has 0 fully saturated rings. The number of hydrogen-bond acceptors (Lipinski definition) is 4. The fourth-order valence-corrected chi connectivity index (χ4v) is 2.55. The van der Waals surface area contributed by atoms with Crippen molar-refractivity contribution in [1.29, 1.82) is 0 Å². The number of amides is 2. The van der Waals surface area contributed by atoms with Crippen LogP contribution in [0.2, 0.25) is 5.02 Å². The molecule has 146 valence electrons. The van der Waals surface area contributed by atoms with Gasteiger partial charge in [-0.2, -0.15) is 0 Å². The normalized spacial score (nSPS) is 10.2. The SMILES string of the molecule is COc1ccc(CCN(C)C(=O)NCCOc2ccc(Cl)cc2)cc1OC. The molecule has 0 aliphatic rings. The second-order valence-electron chi connectivity index (χ2n) is 5.90. The first-order valence-electron chi connectivity index (χ1n) is 8.61. The lowest BCUT2D eigenvalue weighted by Gasteiger charge is -2.18. The van der Waals surface area contributed by atoms with Crippen LogP contribution < -0.4 is 19.5 Å². The van der Waals surface area contributed by atoms with Gasteiger partial charge in [0.15, 0.2) is 11.5 Å². The molecule has 0 atom stereocenters. The van der Waals surface area contributed by atoms with E-state index in [4.69, 9.17) is 25.8 Å². The number of benzene rings is 2. The minimum absolute atomic E-state index is 0.143. The summed E-state index contributed by atoms with van der Waals surface area (Å²) in [6, 6.07) is 12.7. The zero-order valence-electron chi connectivity index (χ0n) is 15.8. The topological polar surface area (TPSA) is 60.0 Å². The Balaban J connectivity index is 1.71. The van der Waals surface area contributed by atoms with Crippen molar-refractivity contribution in [3.63, 3.8) is 0 Å². The highest BCUT2D eigenvalue weighted by atomic mass is 35.5. The third kappa shape index (κ3) is 6.57. The summed E-state index contributed by atoms with van der Waals surface area (Å²) in [5.74, 6) is 2.09. The second-order valence-corrected chi connectivity index (χ2v) is 6.33. The zero-order chi connectivity index (χ0) is 19.6. The van der Waals surface area contributed by atoms with Gasteiger partial charge in [0.25, 0.3) is 0 Å². The fraction of sp³-hybridized carbons (Fsp3) is 0.350. The number of carbonyl (C=O) groups is 1. The number of urea groups is 1. The van der Waals surface area contributed by atoms with Gasteiger partial charge in [-0.05, 0) is 48.4 Å². The average Bonchev–Trinajstić information content (AvgIpc) is 2.70. The van der Waals surface area contributed by atoms with E-state index in [-0.39, 0.29) is 6.03 Å². The predicted octanol–water partition coefficient (Wildman–Crippen LogP) is 3.62. The Kier molecular flexibility index (Phi) is 8.07. The summed E-state index contributed by atoms with van der Waals surface area (Å²) >= 11 is 5.82. The number of hydrogen-bond donors (Lipinski definition) is 1. The smallest absolute Gasteiger partial charge is 0.317 e. The van der Waals surface area contributed by atoms with E-state index in [1.807, 2.05) is 18.2 Å². The fourth-order valence-electron chi connectivity index (χ4n) is 2.43. The van der Waals surface area contributed by atoms with Crippen LogP contribution in [0.3, 0.4) is 0 Å². The van der Waals surface area contributed by atoms with Gasteiger partial charge in [0, 0.05) is 18.6 Å². The molecule has 0 saturated carbocycles. The number of ether oxygens (including phenoxy) is 3. The van der Waals surface area contributed by atoms with Crippen LogP contribution in [0.1, 0.15) is 5.56 Å². The maximum Gasteiger partial charge on any atom is 0.317 e. The van der Waals surface area contributed by atoms with Crippen LogP contribution in [-0.4, -0.2) is 51.9 Å². The van der Waals surface area contributed by atoms with Crippen molar-refractivity contribution < 1.29 is 19.0 Å². The van der Waals surface area contributed by atoms with Crippen molar-refractivity contribution in [2.75, 3.05) is 41.0 Å². The number of halogens is 1. The van der Waals surface area contributed by atoms with Gasteiger partial charge in [0.1, 0.15) is 12.4 Å². The minimum atomic E-state index is -0.143. The van der Waals surface area contributed by atoms with Crippen molar-refractivity contribution in [2.45, 2.75) is 6.42 Å². The highest BCUT2D eigenvalue weighted by Crippen LogP contribution is 2.27. The molecule has 0 saturated heterocycles. The Morgan fingerprint density at radius 2 is 1.78 bits per heavy atom. The van der Waals surface area contributed by atoms with Crippen LogP contribution in [0, 0.1) is 0 Å². The minimum Gasteiger partial charge on any atom is -0.493 e. The number of methoxy groups -OCH3 is 2. The van der Waals surface area contributed by atoms with Crippen LogP contribution in [0.4, 0.5) is 4.79 Å². The molecule has 1 N–H and O–H groups in total. The van der Waals surface area contributed by atoms with Gasteiger partial charge >= 0.3 is 6.03 Å². The molecular weight excluding hydrogens is 368 g/mol. The Bertz CT molecular complexity index is 737. The number of carbonyl (C=O) groups excluding carboxylic acids is 1. The second kappa shape index (κ2) is 10.5. The summed E-state index contributed by atoms with van der Waals surface area (Å²) < 4.78 is 16.1. The van der Waals surface area contributed by atoms with Crippen molar-refractivity contribution in [2.24, 2.45) is 0 Å². The van der Waals surface area contributed by atoms with E-state index in [1.54, 1.807) is 50.4 Å². The Labute approximate surface area is 165 Å².